The van der Waals surface area contributed by atoms with Crippen LogP contribution in [0.15, 0.2) is 48.8 Å². The first-order chi connectivity index (χ1) is 26.5. The van der Waals surface area contributed by atoms with E-state index in [1.54, 1.807) is 11.3 Å². The Balaban J connectivity index is 0.00000310. The Morgan fingerprint density at radius 1 is 0.737 bits per heavy atom. The largest absolute Gasteiger partial charge is 0.453 e. The second-order valence-corrected chi connectivity index (χ2v) is 16.0. The highest BCUT2D eigenvalue weighted by molar-refractivity contribution is 7.23. The van der Waals surface area contributed by atoms with Gasteiger partial charge in [0.2, 0.25) is 11.8 Å². The number of nitrogens with zero attached hydrogens (tertiary/aromatic N) is 4. The molecule has 17 heteroatoms. The molecule has 7 rings (SSSR count). The lowest BCUT2D eigenvalue weighted by atomic mass is 10.0. The Kier molecular flexibility index (Phi) is 13.8. The van der Waals surface area contributed by atoms with Gasteiger partial charge in [-0.05, 0) is 65.8 Å². The molecule has 0 aliphatic carbocycles. The molecule has 2 aliphatic heterocycles. The third-order valence-electron chi connectivity index (χ3n) is 10.8. The Bertz CT molecular complexity index is 2240. The summed E-state index contributed by atoms with van der Waals surface area (Å²) in [7, 11) is 2.58. The average molecular weight is 842 g/mol. The maximum absolute atomic E-state index is 13.6. The summed E-state index contributed by atoms with van der Waals surface area (Å²) < 4.78 is 10.7. The van der Waals surface area contributed by atoms with E-state index in [2.05, 4.69) is 57.0 Å². The number of aromatic amines is 2. The number of hydrogen-bond acceptors (Lipinski definition) is 9. The first-order valence-corrected chi connectivity index (χ1v) is 19.7. The van der Waals surface area contributed by atoms with Crippen molar-refractivity contribution in [1.29, 1.82) is 0 Å². The van der Waals surface area contributed by atoms with Crippen LogP contribution in [0.4, 0.5) is 9.59 Å². The molecule has 3 aromatic heterocycles. The van der Waals surface area contributed by atoms with Crippen LogP contribution in [0.2, 0.25) is 0 Å². The molecule has 57 heavy (non-hydrogen) atoms. The zero-order chi connectivity index (χ0) is 39.0. The minimum Gasteiger partial charge on any atom is -0.453 e. The van der Waals surface area contributed by atoms with Gasteiger partial charge in [0.1, 0.15) is 23.7 Å². The van der Waals surface area contributed by atoms with Crippen molar-refractivity contribution >= 4 is 81.0 Å². The van der Waals surface area contributed by atoms with E-state index in [0.717, 1.165) is 80.0 Å². The molecule has 306 valence electrons. The van der Waals surface area contributed by atoms with E-state index in [9.17, 15) is 19.2 Å². The van der Waals surface area contributed by atoms with Crippen LogP contribution in [0.25, 0.3) is 42.7 Å². The van der Waals surface area contributed by atoms with Gasteiger partial charge in [0.25, 0.3) is 0 Å². The predicted molar refractivity (Wildman–Crippen MR) is 225 cm³/mol. The zero-order valence-electron chi connectivity index (χ0n) is 32.8. The number of halogens is 2. The maximum atomic E-state index is 13.6. The van der Waals surface area contributed by atoms with Gasteiger partial charge in [0.05, 0.1) is 55.0 Å². The predicted octanol–water partition coefficient (Wildman–Crippen LogP) is 7.77. The summed E-state index contributed by atoms with van der Waals surface area (Å²) in [6.07, 6.45) is 5.65. The summed E-state index contributed by atoms with van der Waals surface area (Å²) in [5.74, 6) is 0.959. The standard InChI is InChI=1S/C40H48N8O6S.2ClH/c1-21(2)32(45-39(51)53-5)37(49)47-15-7-9-29(47)35-41-19-27(43-35)24-13-14-26-23(17-24)11-12-25-18-31(55-34(25)26)28-20-42-36(44-28)30-10-8-16-48(30)38(50)33(22(3)4)46-40(52)54-6;;/h11-14,17-22,29-30,32-33H,7-10,15-16H2,1-6H3,(H,41,43)(H,42,44)(H,45,51)(H,46,52);2*1H/t29-,30-,32-,33-;;/m0../s1. The minimum atomic E-state index is -0.693. The van der Waals surface area contributed by atoms with Crippen molar-refractivity contribution in [2.24, 2.45) is 11.8 Å². The Morgan fingerprint density at radius 2 is 1.25 bits per heavy atom. The van der Waals surface area contributed by atoms with Crippen LogP contribution in [0.1, 0.15) is 77.1 Å². The molecule has 0 unspecified atom stereocenters. The van der Waals surface area contributed by atoms with E-state index in [0.29, 0.717) is 13.1 Å². The monoisotopic (exact) mass is 840 g/mol. The SMILES string of the molecule is COC(=O)N[C@H](C(=O)N1CCC[C@H]1c1ncc(-c2ccc3c(ccc4cc(-c5cnc([C@@H]6CCCN6C(=O)[C@@H](NC(=O)OC)C(C)C)[nH]5)sc43)c2)[nH]1)C(C)C.Cl.Cl. The number of hydrogen-bond donors (Lipinski definition) is 4. The highest BCUT2D eigenvalue weighted by Crippen LogP contribution is 2.40. The first-order valence-electron chi connectivity index (χ1n) is 18.8. The molecular weight excluding hydrogens is 791 g/mol. The molecular formula is C40H50Cl2N8O6S. The highest BCUT2D eigenvalue weighted by Gasteiger charge is 2.39. The van der Waals surface area contributed by atoms with Gasteiger partial charge in [-0.15, -0.1) is 36.2 Å². The molecule has 0 radical (unpaired) electrons. The van der Waals surface area contributed by atoms with E-state index in [4.69, 9.17) is 19.4 Å². The molecule has 4 atom stereocenters. The summed E-state index contributed by atoms with van der Waals surface area (Å²) in [6, 6.07) is 11.0. The minimum absolute atomic E-state index is 0. The Morgan fingerprint density at radius 3 is 1.77 bits per heavy atom. The molecule has 2 aromatic carbocycles. The van der Waals surface area contributed by atoms with Crippen LogP contribution in [0.5, 0.6) is 0 Å². The molecule has 4 amide bonds. The van der Waals surface area contributed by atoms with Gasteiger partial charge >= 0.3 is 12.2 Å². The number of imidazole rings is 2. The third kappa shape index (κ3) is 8.70. The van der Waals surface area contributed by atoms with E-state index in [-0.39, 0.29) is 60.5 Å². The van der Waals surface area contributed by atoms with Crippen molar-refractivity contribution in [3.63, 3.8) is 0 Å². The number of rotatable bonds is 10. The molecule has 5 aromatic rings. The van der Waals surface area contributed by atoms with Crippen molar-refractivity contribution in [1.82, 2.24) is 40.4 Å². The van der Waals surface area contributed by atoms with Gasteiger partial charge in [-0.25, -0.2) is 19.6 Å². The second kappa shape index (κ2) is 18.2. The van der Waals surface area contributed by atoms with E-state index >= 15 is 0 Å². The van der Waals surface area contributed by atoms with Crippen molar-refractivity contribution < 1.29 is 28.7 Å². The fourth-order valence-corrected chi connectivity index (χ4v) is 8.96. The number of ether oxygens (including phenoxy) is 2. The quantitative estimate of drug-likeness (QED) is 0.110. The number of aromatic nitrogens is 4. The Hall–Kier alpha value is -4.86. The lowest BCUT2D eigenvalue weighted by Gasteiger charge is -2.30. The van der Waals surface area contributed by atoms with E-state index < -0.39 is 24.3 Å². The van der Waals surface area contributed by atoms with Gasteiger partial charge in [0.15, 0.2) is 0 Å². The van der Waals surface area contributed by atoms with Gasteiger partial charge in [-0.1, -0.05) is 52.0 Å². The van der Waals surface area contributed by atoms with Crippen molar-refractivity contribution in [3.05, 3.63) is 60.4 Å². The molecule has 14 nitrogen and oxygen atoms in total. The lowest BCUT2D eigenvalue weighted by Crippen LogP contribution is -2.51. The molecule has 2 fully saturated rings. The van der Waals surface area contributed by atoms with Crippen LogP contribution >= 0.6 is 36.2 Å². The van der Waals surface area contributed by atoms with Crippen LogP contribution < -0.4 is 10.6 Å². The Labute approximate surface area is 347 Å². The molecule has 0 spiro atoms. The van der Waals surface area contributed by atoms with Gasteiger partial charge < -0.3 is 39.9 Å². The van der Waals surface area contributed by atoms with Crippen LogP contribution in [-0.4, -0.2) is 93.1 Å². The average Bonchev–Trinajstić information content (AvgIpc) is 4.03. The molecule has 2 saturated heterocycles. The van der Waals surface area contributed by atoms with Crippen LogP contribution in [0.3, 0.4) is 0 Å². The molecule has 0 bridgehead atoms. The third-order valence-corrected chi connectivity index (χ3v) is 12.0. The lowest BCUT2D eigenvalue weighted by molar-refractivity contribution is -0.136. The van der Waals surface area contributed by atoms with Crippen molar-refractivity contribution in [2.75, 3.05) is 27.3 Å². The molecule has 2 aliphatic rings. The number of benzene rings is 2. The van der Waals surface area contributed by atoms with Gasteiger partial charge in [-0.2, -0.15) is 0 Å². The number of carbonyl (C=O) groups excluding carboxylic acids is 4. The fraction of sp³-hybridized carbons (Fsp3) is 0.450. The number of H-pyrrole nitrogens is 2. The summed E-state index contributed by atoms with van der Waals surface area (Å²) in [4.78, 5) is 72.3. The number of likely N-dealkylation sites (tertiary alicyclic amines) is 2. The molecule has 5 heterocycles. The normalized spacial score (nSPS) is 17.7. The number of amides is 4. The van der Waals surface area contributed by atoms with E-state index in [1.165, 1.54) is 14.2 Å². The summed E-state index contributed by atoms with van der Waals surface area (Å²) in [5.41, 5.74) is 2.74. The van der Waals surface area contributed by atoms with E-state index in [1.807, 2.05) is 49.9 Å². The van der Waals surface area contributed by atoms with Crippen molar-refractivity contribution in [2.45, 2.75) is 77.5 Å². The van der Waals surface area contributed by atoms with Crippen molar-refractivity contribution in [3.8, 4) is 21.8 Å². The molecule has 0 saturated carbocycles. The summed E-state index contributed by atoms with van der Waals surface area (Å²) in [6.45, 7) is 8.80. The van der Waals surface area contributed by atoms with Crippen LogP contribution in [0, 0.1) is 11.8 Å². The smallest absolute Gasteiger partial charge is 0.407 e. The van der Waals surface area contributed by atoms with Crippen LogP contribution in [-0.2, 0) is 19.1 Å². The zero-order valence-corrected chi connectivity index (χ0v) is 35.2. The number of methoxy groups -OCH3 is 2. The topological polar surface area (TPSA) is 175 Å². The first kappa shape index (κ1) is 43.3. The number of fused-ring (bicyclic) bond motifs is 3. The van der Waals surface area contributed by atoms with Gasteiger partial charge in [-0.3, -0.25) is 9.59 Å². The second-order valence-electron chi connectivity index (χ2n) is 15.0. The molecule has 4 N–H and O–H groups in total. The number of nitrogens with one attached hydrogen (secondary N) is 4. The maximum Gasteiger partial charge on any atom is 0.407 e. The number of thiophene rings is 1. The highest BCUT2D eigenvalue weighted by atomic mass is 35.5. The summed E-state index contributed by atoms with van der Waals surface area (Å²) >= 11 is 1.69. The van der Waals surface area contributed by atoms with Gasteiger partial charge in [0, 0.05) is 23.4 Å². The summed E-state index contributed by atoms with van der Waals surface area (Å²) in [5, 5.41) is 8.75. The fourth-order valence-electron chi connectivity index (χ4n) is 7.80. The number of alkyl carbamates (subject to hydrolysis) is 2. The number of carbonyl (C=O) groups is 4.